The van der Waals surface area contributed by atoms with Crippen LogP contribution >= 0.6 is 0 Å². The Morgan fingerprint density at radius 3 is 2.59 bits per heavy atom. The summed E-state index contributed by atoms with van der Waals surface area (Å²) in [6.45, 7) is 1.45. The smallest absolute Gasteiger partial charge is 0.273 e. The maximum atomic E-state index is 13.3. The Morgan fingerprint density at radius 1 is 1.36 bits per heavy atom. The van der Waals surface area contributed by atoms with Crippen molar-refractivity contribution in [1.82, 2.24) is 4.72 Å². The van der Waals surface area contributed by atoms with Crippen molar-refractivity contribution in [2.24, 2.45) is 0 Å². The molecule has 8 nitrogen and oxygen atoms in total. The molecule has 2 rings (SSSR count). The number of carbonyl (C=O) groups excluding carboxylic acids is 1. The first-order valence-electron chi connectivity index (χ1n) is 5.77. The number of nitrogens with zero attached hydrogens (tertiary/aromatic N) is 1. The number of amides is 1. The third-order valence-corrected chi connectivity index (χ3v) is 4.02. The highest BCUT2D eigenvalue weighted by atomic mass is 32.2. The van der Waals surface area contributed by atoms with Crippen LogP contribution in [0, 0.1) is 22.9 Å². The van der Waals surface area contributed by atoms with Gasteiger partial charge in [-0.05, 0) is 19.1 Å². The molecule has 0 aliphatic heterocycles. The largest absolute Gasteiger partial charge is 0.469 e. The summed E-state index contributed by atoms with van der Waals surface area (Å²) in [5, 5.41) is 10.6. The number of sulfonamides is 1. The van der Waals surface area contributed by atoms with Crippen LogP contribution in [0.2, 0.25) is 0 Å². The molecular weight excluding hydrogens is 319 g/mol. The van der Waals surface area contributed by atoms with Crippen LogP contribution in [-0.4, -0.2) is 19.2 Å². The van der Waals surface area contributed by atoms with E-state index in [0.29, 0.717) is 18.2 Å². The predicted molar refractivity (Wildman–Crippen MR) is 71.2 cm³/mol. The van der Waals surface area contributed by atoms with Crippen molar-refractivity contribution in [3.63, 3.8) is 0 Å². The van der Waals surface area contributed by atoms with Crippen LogP contribution in [0.3, 0.4) is 0 Å². The van der Waals surface area contributed by atoms with Gasteiger partial charge in [0.25, 0.3) is 21.6 Å². The first-order valence-corrected chi connectivity index (χ1v) is 7.25. The molecule has 0 aliphatic rings. The molecule has 1 aromatic heterocycles. The Labute approximate surface area is 123 Å². The number of furan rings is 1. The fourth-order valence-electron chi connectivity index (χ4n) is 1.66. The summed E-state index contributed by atoms with van der Waals surface area (Å²) in [6.07, 6.45) is 1.20. The molecule has 0 bridgehead atoms. The van der Waals surface area contributed by atoms with Crippen molar-refractivity contribution >= 4 is 21.6 Å². The summed E-state index contributed by atoms with van der Waals surface area (Å²) in [4.78, 5) is 20.8. The number of halogens is 1. The standard InChI is InChI=1S/C12H9FN2O6S/c1-7-11(2-3-21-7)12(16)14-22(19,20)10-5-8(13)4-9(6-10)15(17)18/h2-6H,1H3,(H,14,16). The lowest BCUT2D eigenvalue weighted by Crippen LogP contribution is -2.30. The molecule has 0 fully saturated rings. The number of rotatable bonds is 4. The van der Waals surface area contributed by atoms with Gasteiger partial charge in [-0.25, -0.2) is 17.5 Å². The maximum absolute atomic E-state index is 13.3. The minimum atomic E-state index is -4.47. The maximum Gasteiger partial charge on any atom is 0.273 e. The predicted octanol–water partition coefficient (Wildman–Crippen LogP) is 1.75. The first kappa shape index (κ1) is 15.6. The van der Waals surface area contributed by atoms with Crippen LogP contribution in [0.1, 0.15) is 16.1 Å². The van der Waals surface area contributed by atoms with Gasteiger partial charge in [-0.2, -0.15) is 0 Å². The lowest BCUT2D eigenvalue weighted by Gasteiger charge is -2.06. The SMILES string of the molecule is Cc1occc1C(=O)NS(=O)(=O)c1cc(F)cc([N+](=O)[O-])c1. The number of hydrogen-bond donors (Lipinski definition) is 1. The Kier molecular flexibility index (Phi) is 3.95. The number of aryl methyl sites for hydroxylation is 1. The fourth-order valence-corrected chi connectivity index (χ4v) is 2.68. The monoisotopic (exact) mass is 328 g/mol. The van der Waals surface area contributed by atoms with Gasteiger partial charge in [0.05, 0.1) is 27.7 Å². The van der Waals surface area contributed by atoms with E-state index in [1.807, 2.05) is 0 Å². The Hall–Kier alpha value is -2.75. The van der Waals surface area contributed by atoms with Gasteiger partial charge >= 0.3 is 0 Å². The van der Waals surface area contributed by atoms with E-state index in [9.17, 15) is 27.7 Å². The molecule has 0 unspecified atom stereocenters. The van der Waals surface area contributed by atoms with Crippen LogP contribution in [0.5, 0.6) is 0 Å². The minimum absolute atomic E-state index is 0.0190. The molecule has 1 N–H and O–H groups in total. The van der Waals surface area contributed by atoms with Gasteiger partial charge in [0, 0.05) is 6.07 Å². The average Bonchev–Trinajstić information content (AvgIpc) is 2.83. The number of nitro benzene ring substituents is 1. The molecule has 0 radical (unpaired) electrons. The Balaban J connectivity index is 2.37. The summed E-state index contributed by atoms with van der Waals surface area (Å²) < 4.78 is 43.9. The van der Waals surface area contributed by atoms with Gasteiger partial charge < -0.3 is 4.42 Å². The summed E-state index contributed by atoms with van der Waals surface area (Å²) in [7, 11) is -4.47. The quantitative estimate of drug-likeness (QED) is 0.674. The third kappa shape index (κ3) is 3.11. The van der Waals surface area contributed by atoms with Crippen molar-refractivity contribution in [3.05, 3.63) is 57.8 Å². The van der Waals surface area contributed by atoms with E-state index in [4.69, 9.17) is 4.42 Å². The highest BCUT2D eigenvalue weighted by Crippen LogP contribution is 2.20. The van der Waals surface area contributed by atoms with E-state index in [1.165, 1.54) is 19.3 Å². The van der Waals surface area contributed by atoms with Gasteiger partial charge in [-0.15, -0.1) is 0 Å². The van der Waals surface area contributed by atoms with Gasteiger partial charge in [0.2, 0.25) is 0 Å². The van der Waals surface area contributed by atoms with Gasteiger partial charge in [-0.1, -0.05) is 0 Å². The number of nitrogens with one attached hydrogen (secondary N) is 1. The second-order valence-corrected chi connectivity index (χ2v) is 5.91. The Bertz CT molecular complexity index is 858. The van der Waals surface area contributed by atoms with E-state index in [-0.39, 0.29) is 11.3 Å². The number of hydrogen-bond acceptors (Lipinski definition) is 6. The lowest BCUT2D eigenvalue weighted by atomic mass is 10.2. The van der Waals surface area contributed by atoms with Crippen LogP contribution in [0.15, 0.2) is 39.8 Å². The molecule has 116 valence electrons. The molecule has 0 aliphatic carbocycles. The van der Waals surface area contributed by atoms with E-state index < -0.39 is 37.3 Å². The van der Waals surface area contributed by atoms with E-state index >= 15 is 0 Å². The number of carbonyl (C=O) groups is 1. The molecule has 0 saturated heterocycles. The van der Waals surface area contributed by atoms with Crippen molar-refractivity contribution in [2.45, 2.75) is 11.8 Å². The van der Waals surface area contributed by atoms with E-state index in [1.54, 1.807) is 4.72 Å². The van der Waals surface area contributed by atoms with Crippen LogP contribution in [0.4, 0.5) is 10.1 Å². The molecule has 0 atom stereocenters. The number of non-ortho nitro benzene ring substituents is 1. The Morgan fingerprint density at radius 2 is 2.05 bits per heavy atom. The molecule has 10 heteroatoms. The van der Waals surface area contributed by atoms with Crippen LogP contribution in [0.25, 0.3) is 0 Å². The molecule has 22 heavy (non-hydrogen) atoms. The fraction of sp³-hybridized carbons (Fsp3) is 0.0833. The topological polar surface area (TPSA) is 120 Å². The minimum Gasteiger partial charge on any atom is -0.469 e. The molecule has 2 aromatic rings. The molecular formula is C12H9FN2O6S. The third-order valence-electron chi connectivity index (χ3n) is 2.71. The lowest BCUT2D eigenvalue weighted by molar-refractivity contribution is -0.385. The zero-order valence-corrected chi connectivity index (χ0v) is 11.9. The average molecular weight is 328 g/mol. The second kappa shape index (κ2) is 5.56. The van der Waals surface area contributed by atoms with Crippen LogP contribution in [-0.2, 0) is 10.0 Å². The molecule has 0 spiro atoms. The van der Waals surface area contributed by atoms with E-state index in [2.05, 4.69) is 0 Å². The van der Waals surface area contributed by atoms with Crippen molar-refractivity contribution < 1.29 is 26.9 Å². The summed E-state index contributed by atoms with van der Waals surface area (Å²) >= 11 is 0. The summed E-state index contributed by atoms with van der Waals surface area (Å²) in [6, 6.07) is 3.06. The summed E-state index contributed by atoms with van der Waals surface area (Å²) in [5.41, 5.74) is -0.762. The highest BCUT2D eigenvalue weighted by Gasteiger charge is 2.24. The van der Waals surface area contributed by atoms with Crippen molar-refractivity contribution in [1.29, 1.82) is 0 Å². The van der Waals surface area contributed by atoms with Gasteiger partial charge in [0.15, 0.2) is 0 Å². The van der Waals surface area contributed by atoms with Crippen LogP contribution < -0.4 is 4.72 Å². The van der Waals surface area contributed by atoms with Crippen molar-refractivity contribution in [2.75, 3.05) is 0 Å². The molecule has 0 saturated carbocycles. The molecule has 1 heterocycles. The molecule has 1 aromatic carbocycles. The first-order chi connectivity index (χ1) is 10.2. The number of nitro groups is 1. The van der Waals surface area contributed by atoms with Crippen molar-refractivity contribution in [3.8, 4) is 0 Å². The van der Waals surface area contributed by atoms with Gasteiger partial charge in [0.1, 0.15) is 11.6 Å². The summed E-state index contributed by atoms with van der Waals surface area (Å²) in [5.74, 6) is -1.90. The number of benzene rings is 1. The normalized spacial score (nSPS) is 11.2. The zero-order chi connectivity index (χ0) is 16.5. The second-order valence-electron chi connectivity index (χ2n) is 4.23. The highest BCUT2D eigenvalue weighted by molar-refractivity contribution is 7.90. The van der Waals surface area contributed by atoms with E-state index in [0.717, 1.165) is 0 Å². The van der Waals surface area contributed by atoms with Gasteiger partial charge in [-0.3, -0.25) is 14.9 Å². The zero-order valence-electron chi connectivity index (χ0n) is 11.1. The molecule has 1 amide bonds.